The maximum absolute atomic E-state index is 13.0. The van der Waals surface area contributed by atoms with Crippen LogP contribution in [0.25, 0.3) is 0 Å². The van der Waals surface area contributed by atoms with Gasteiger partial charge in [0.25, 0.3) is 5.91 Å². The number of piperidine rings is 1. The quantitative estimate of drug-likeness (QED) is 0.916. The van der Waals surface area contributed by atoms with Gasteiger partial charge in [0.05, 0.1) is 5.92 Å². The minimum atomic E-state index is -0.367. The highest BCUT2D eigenvalue weighted by Gasteiger charge is 2.28. The van der Waals surface area contributed by atoms with Crippen LogP contribution in [0.2, 0.25) is 0 Å². The molecule has 1 atom stereocenters. The average Bonchev–Trinajstić information content (AvgIpc) is 2.67. The number of carbonyl (C=O) groups excluding carboxylic acids is 2. The lowest BCUT2D eigenvalue weighted by atomic mass is 9.96. The summed E-state index contributed by atoms with van der Waals surface area (Å²) in [4.78, 5) is 26.8. The molecule has 1 N–H and O–H groups in total. The van der Waals surface area contributed by atoms with Crippen molar-refractivity contribution >= 4 is 11.8 Å². The molecule has 0 spiro atoms. The summed E-state index contributed by atoms with van der Waals surface area (Å²) in [6, 6.07) is 13.5. The molecule has 1 aliphatic rings. The largest absolute Gasteiger partial charge is 0.352 e. The van der Waals surface area contributed by atoms with Crippen molar-refractivity contribution in [3.8, 4) is 0 Å². The topological polar surface area (TPSA) is 49.4 Å². The minimum Gasteiger partial charge on any atom is -0.352 e. The lowest BCUT2D eigenvalue weighted by Crippen LogP contribution is -2.45. The summed E-state index contributed by atoms with van der Waals surface area (Å²) in [5.41, 5.74) is 2.69. The zero-order valence-corrected chi connectivity index (χ0v) is 14.9. The van der Waals surface area contributed by atoms with Crippen molar-refractivity contribution in [1.82, 2.24) is 10.2 Å². The van der Waals surface area contributed by atoms with E-state index >= 15 is 0 Å². The van der Waals surface area contributed by atoms with Crippen molar-refractivity contribution in [1.29, 1.82) is 0 Å². The van der Waals surface area contributed by atoms with Crippen LogP contribution in [0.5, 0.6) is 0 Å². The Kier molecular flexibility index (Phi) is 5.66. The van der Waals surface area contributed by atoms with E-state index in [1.165, 1.54) is 24.3 Å². The SMILES string of the molecule is Cc1ccccc1CNC(=O)C1CCCN(C(=O)c2ccc(F)cc2)C1. The Hall–Kier alpha value is -2.69. The van der Waals surface area contributed by atoms with Gasteiger partial charge in [0.2, 0.25) is 5.91 Å². The molecule has 1 heterocycles. The Morgan fingerprint density at radius 3 is 2.62 bits per heavy atom. The fourth-order valence-electron chi connectivity index (χ4n) is 3.29. The zero-order chi connectivity index (χ0) is 18.5. The minimum absolute atomic E-state index is 0.0233. The molecule has 136 valence electrons. The van der Waals surface area contributed by atoms with Gasteiger partial charge in [-0.1, -0.05) is 24.3 Å². The summed E-state index contributed by atoms with van der Waals surface area (Å²) in [6.07, 6.45) is 1.56. The maximum atomic E-state index is 13.0. The molecule has 1 fully saturated rings. The first-order valence-corrected chi connectivity index (χ1v) is 8.91. The molecule has 0 saturated carbocycles. The predicted molar refractivity (Wildman–Crippen MR) is 98.1 cm³/mol. The highest BCUT2D eigenvalue weighted by Crippen LogP contribution is 2.19. The summed E-state index contributed by atoms with van der Waals surface area (Å²) in [5, 5.41) is 2.99. The molecule has 0 aromatic heterocycles. The predicted octanol–water partition coefficient (Wildman–Crippen LogP) is 3.30. The van der Waals surface area contributed by atoms with Gasteiger partial charge in [-0.05, 0) is 55.2 Å². The molecule has 2 aromatic carbocycles. The summed E-state index contributed by atoms with van der Waals surface area (Å²) in [7, 11) is 0. The van der Waals surface area contributed by atoms with Gasteiger partial charge in [-0.3, -0.25) is 9.59 Å². The maximum Gasteiger partial charge on any atom is 0.253 e. The molecule has 1 unspecified atom stereocenters. The molecule has 4 nitrogen and oxygen atoms in total. The van der Waals surface area contributed by atoms with E-state index in [4.69, 9.17) is 0 Å². The van der Waals surface area contributed by atoms with E-state index in [1.807, 2.05) is 31.2 Å². The van der Waals surface area contributed by atoms with Crippen molar-refractivity contribution in [2.45, 2.75) is 26.3 Å². The van der Waals surface area contributed by atoms with E-state index in [2.05, 4.69) is 5.32 Å². The summed E-state index contributed by atoms with van der Waals surface area (Å²) < 4.78 is 13.0. The molecule has 0 bridgehead atoms. The molecule has 0 radical (unpaired) electrons. The van der Waals surface area contributed by atoms with Crippen LogP contribution in [-0.4, -0.2) is 29.8 Å². The number of amides is 2. The molecule has 3 rings (SSSR count). The third-order valence-corrected chi connectivity index (χ3v) is 4.88. The van der Waals surface area contributed by atoms with Crippen molar-refractivity contribution in [2.75, 3.05) is 13.1 Å². The van der Waals surface area contributed by atoms with Crippen molar-refractivity contribution in [2.24, 2.45) is 5.92 Å². The highest BCUT2D eigenvalue weighted by atomic mass is 19.1. The molecule has 5 heteroatoms. The fourth-order valence-corrected chi connectivity index (χ4v) is 3.29. The highest BCUT2D eigenvalue weighted by molar-refractivity contribution is 5.94. The first-order valence-electron chi connectivity index (χ1n) is 8.91. The van der Waals surface area contributed by atoms with Gasteiger partial charge in [-0.15, -0.1) is 0 Å². The van der Waals surface area contributed by atoms with E-state index < -0.39 is 0 Å². The van der Waals surface area contributed by atoms with Gasteiger partial charge in [0.15, 0.2) is 0 Å². The number of benzene rings is 2. The van der Waals surface area contributed by atoms with Crippen LogP contribution in [0.15, 0.2) is 48.5 Å². The second-order valence-electron chi connectivity index (χ2n) is 6.74. The van der Waals surface area contributed by atoms with Crippen molar-refractivity contribution < 1.29 is 14.0 Å². The molecule has 1 aliphatic heterocycles. The van der Waals surface area contributed by atoms with E-state index in [1.54, 1.807) is 4.90 Å². The Bertz CT molecular complexity index is 789. The lowest BCUT2D eigenvalue weighted by Gasteiger charge is -2.32. The number of halogens is 1. The second kappa shape index (κ2) is 8.13. The number of hydrogen-bond acceptors (Lipinski definition) is 2. The van der Waals surface area contributed by atoms with Gasteiger partial charge >= 0.3 is 0 Å². The lowest BCUT2D eigenvalue weighted by molar-refractivity contribution is -0.126. The van der Waals surface area contributed by atoms with E-state index in [-0.39, 0.29) is 23.5 Å². The van der Waals surface area contributed by atoms with Gasteiger partial charge < -0.3 is 10.2 Å². The fraction of sp³-hybridized carbons (Fsp3) is 0.333. The molecule has 2 aromatic rings. The number of aryl methyl sites for hydroxylation is 1. The van der Waals surface area contributed by atoms with Gasteiger partial charge in [-0.25, -0.2) is 4.39 Å². The summed E-state index contributed by atoms with van der Waals surface area (Å²) >= 11 is 0. The Balaban J connectivity index is 1.59. The first kappa shape index (κ1) is 18.1. The standard InChI is InChI=1S/C21H23FN2O2/c1-15-5-2-3-6-17(15)13-23-20(25)18-7-4-12-24(14-18)21(26)16-8-10-19(22)11-9-16/h2-3,5-6,8-11,18H,4,7,12-14H2,1H3,(H,23,25). The van der Waals surface area contributed by atoms with Crippen LogP contribution in [0, 0.1) is 18.7 Å². The Morgan fingerprint density at radius 2 is 1.88 bits per heavy atom. The molecular formula is C21H23FN2O2. The third-order valence-electron chi connectivity index (χ3n) is 4.88. The molecule has 0 aliphatic carbocycles. The average molecular weight is 354 g/mol. The molecular weight excluding hydrogens is 331 g/mol. The van der Waals surface area contributed by atoms with Gasteiger partial charge in [0, 0.05) is 25.2 Å². The molecule has 2 amide bonds. The smallest absolute Gasteiger partial charge is 0.253 e. The zero-order valence-electron chi connectivity index (χ0n) is 14.9. The van der Waals surface area contributed by atoms with Crippen LogP contribution in [0.4, 0.5) is 4.39 Å². The van der Waals surface area contributed by atoms with E-state index in [0.717, 1.165) is 24.0 Å². The van der Waals surface area contributed by atoms with Gasteiger partial charge in [-0.2, -0.15) is 0 Å². The molecule has 26 heavy (non-hydrogen) atoms. The van der Waals surface area contributed by atoms with Crippen LogP contribution >= 0.6 is 0 Å². The summed E-state index contributed by atoms with van der Waals surface area (Å²) in [5.74, 6) is -0.753. The monoisotopic (exact) mass is 354 g/mol. The third kappa shape index (κ3) is 4.28. The van der Waals surface area contributed by atoms with Crippen LogP contribution < -0.4 is 5.32 Å². The summed E-state index contributed by atoms with van der Waals surface area (Å²) in [6.45, 7) is 3.53. The van der Waals surface area contributed by atoms with E-state index in [9.17, 15) is 14.0 Å². The Morgan fingerprint density at radius 1 is 1.15 bits per heavy atom. The van der Waals surface area contributed by atoms with Crippen LogP contribution in [-0.2, 0) is 11.3 Å². The van der Waals surface area contributed by atoms with Gasteiger partial charge in [0.1, 0.15) is 5.82 Å². The first-order chi connectivity index (χ1) is 12.5. The van der Waals surface area contributed by atoms with Crippen molar-refractivity contribution in [3.63, 3.8) is 0 Å². The number of nitrogens with zero attached hydrogens (tertiary/aromatic N) is 1. The number of nitrogens with one attached hydrogen (secondary N) is 1. The number of rotatable bonds is 4. The van der Waals surface area contributed by atoms with E-state index in [0.29, 0.717) is 25.2 Å². The van der Waals surface area contributed by atoms with Crippen molar-refractivity contribution in [3.05, 3.63) is 71.0 Å². The normalized spacial score (nSPS) is 17.0. The van der Waals surface area contributed by atoms with Crippen LogP contribution in [0.1, 0.15) is 34.3 Å². The number of carbonyl (C=O) groups is 2. The Labute approximate surface area is 153 Å². The number of hydrogen-bond donors (Lipinski definition) is 1. The number of likely N-dealkylation sites (tertiary alicyclic amines) is 1. The van der Waals surface area contributed by atoms with Crippen LogP contribution in [0.3, 0.4) is 0 Å². The second-order valence-corrected chi connectivity index (χ2v) is 6.74. The molecule has 1 saturated heterocycles.